The highest BCUT2D eigenvalue weighted by Crippen LogP contribution is 2.28. The van der Waals surface area contributed by atoms with Gasteiger partial charge in [0.15, 0.2) is 11.5 Å². The number of benzene rings is 3. The quantitative estimate of drug-likeness (QED) is 0.197. The number of rotatable bonds is 6. The number of amides is 2. The lowest BCUT2D eigenvalue weighted by molar-refractivity contribution is -0.136. The summed E-state index contributed by atoms with van der Waals surface area (Å²) >= 11 is 0. The van der Waals surface area contributed by atoms with Gasteiger partial charge in [-0.25, -0.2) is 14.6 Å². The van der Waals surface area contributed by atoms with Crippen LogP contribution in [0.4, 0.5) is 10.1 Å². The largest absolute Gasteiger partial charge is 0.493 e. The van der Waals surface area contributed by atoms with Crippen LogP contribution in [0.5, 0.6) is 11.5 Å². The molecule has 0 aromatic heterocycles. The number of nitrogens with one attached hydrogen (secondary N) is 2. The van der Waals surface area contributed by atoms with Crippen molar-refractivity contribution in [1.82, 2.24) is 5.43 Å². The number of aryl methyl sites for hydroxylation is 1. The predicted octanol–water partition coefficient (Wildman–Crippen LogP) is 3.45. The number of hydrogen-bond donors (Lipinski definition) is 2. The number of anilines is 1. The zero-order valence-electron chi connectivity index (χ0n) is 17.8. The van der Waals surface area contributed by atoms with Crippen molar-refractivity contribution in [2.24, 2.45) is 5.10 Å². The number of nitrogens with zero attached hydrogens (tertiary/aromatic N) is 1. The van der Waals surface area contributed by atoms with E-state index in [2.05, 4.69) is 15.8 Å². The standard InChI is InChI=1S/C24H20FN3O5/c1-15-3-6-17(7-4-15)24(31)33-20-12-5-16(13-21(20)32-2)14-26-28-23(30)22(29)27-19-10-8-18(25)9-11-19/h3-14H,1-2H3,(H,27,29)(H,28,30)/b26-14-. The number of ether oxygens (including phenoxy) is 2. The maximum atomic E-state index is 12.9. The van der Waals surface area contributed by atoms with Gasteiger partial charge in [0.1, 0.15) is 5.82 Å². The molecule has 0 aliphatic rings. The van der Waals surface area contributed by atoms with Crippen molar-refractivity contribution in [2.45, 2.75) is 6.92 Å². The molecule has 0 saturated carbocycles. The van der Waals surface area contributed by atoms with E-state index in [0.717, 1.165) is 17.7 Å². The minimum Gasteiger partial charge on any atom is -0.493 e. The smallest absolute Gasteiger partial charge is 0.343 e. The molecule has 0 fully saturated rings. The fourth-order valence-corrected chi connectivity index (χ4v) is 2.63. The summed E-state index contributed by atoms with van der Waals surface area (Å²) in [5.74, 6) is -2.48. The van der Waals surface area contributed by atoms with Crippen molar-refractivity contribution >= 4 is 29.7 Å². The first-order valence-corrected chi connectivity index (χ1v) is 9.72. The minimum absolute atomic E-state index is 0.211. The van der Waals surface area contributed by atoms with Gasteiger partial charge in [0.25, 0.3) is 0 Å². The molecule has 3 aromatic rings. The molecule has 0 aliphatic carbocycles. The molecule has 0 aliphatic heterocycles. The lowest BCUT2D eigenvalue weighted by Crippen LogP contribution is -2.32. The van der Waals surface area contributed by atoms with Crippen LogP contribution in [0.25, 0.3) is 0 Å². The Hall–Kier alpha value is -4.53. The van der Waals surface area contributed by atoms with Crippen LogP contribution in [-0.2, 0) is 9.59 Å². The van der Waals surface area contributed by atoms with E-state index < -0.39 is 23.6 Å². The molecule has 0 heterocycles. The highest BCUT2D eigenvalue weighted by molar-refractivity contribution is 6.39. The summed E-state index contributed by atoms with van der Waals surface area (Å²) in [6, 6.07) is 16.6. The molecule has 3 aromatic carbocycles. The Morgan fingerprint density at radius 1 is 0.909 bits per heavy atom. The number of halogens is 1. The summed E-state index contributed by atoms with van der Waals surface area (Å²) in [6.45, 7) is 1.92. The van der Waals surface area contributed by atoms with Crippen LogP contribution in [0, 0.1) is 12.7 Å². The van der Waals surface area contributed by atoms with Crippen molar-refractivity contribution in [2.75, 3.05) is 12.4 Å². The molecule has 0 saturated heterocycles. The monoisotopic (exact) mass is 449 g/mol. The predicted molar refractivity (Wildman–Crippen MR) is 120 cm³/mol. The van der Waals surface area contributed by atoms with E-state index in [4.69, 9.17) is 9.47 Å². The molecule has 0 spiro atoms. The molecule has 0 unspecified atom stereocenters. The Bertz CT molecular complexity index is 1190. The van der Waals surface area contributed by atoms with Gasteiger partial charge in [-0.2, -0.15) is 5.10 Å². The molecular weight excluding hydrogens is 429 g/mol. The van der Waals surface area contributed by atoms with Crippen LogP contribution >= 0.6 is 0 Å². The van der Waals surface area contributed by atoms with Crippen molar-refractivity contribution in [3.8, 4) is 11.5 Å². The maximum Gasteiger partial charge on any atom is 0.343 e. The zero-order chi connectivity index (χ0) is 23.8. The molecule has 0 radical (unpaired) electrons. The maximum absolute atomic E-state index is 12.9. The van der Waals surface area contributed by atoms with E-state index in [1.165, 1.54) is 31.5 Å². The van der Waals surface area contributed by atoms with Crippen LogP contribution in [0.3, 0.4) is 0 Å². The van der Waals surface area contributed by atoms with E-state index in [-0.39, 0.29) is 17.2 Å². The van der Waals surface area contributed by atoms with Crippen LogP contribution < -0.4 is 20.2 Å². The number of hydrazone groups is 1. The summed E-state index contributed by atoms with van der Waals surface area (Å²) in [7, 11) is 1.42. The summed E-state index contributed by atoms with van der Waals surface area (Å²) < 4.78 is 23.6. The highest BCUT2D eigenvalue weighted by Gasteiger charge is 2.14. The van der Waals surface area contributed by atoms with Crippen molar-refractivity contribution in [3.05, 3.63) is 89.2 Å². The average Bonchev–Trinajstić information content (AvgIpc) is 2.81. The van der Waals surface area contributed by atoms with Gasteiger partial charge in [0.2, 0.25) is 0 Å². The fraction of sp³-hybridized carbons (Fsp3) is 0.0833. The molecule has 0 bridgehead atoms. The average molecular weight is 449 g/mol. The molecule has 9 heteroatoms. The Kier molecular flexibility index (Phi) is 7.48. The summed E-state index contributed by atoms with van der Waals surface area (Å²) in [6.07, 6.45) is 1.29. The summed E-state index contributed by atoms with van der Waals surface area (Å²) in [5.41, 5.74) is 4.29. The number of hydrogen-bond acceptors (Lipinski definition) is 6. The zero-order valence-corrected chi connectivity index (χ0v) is 17.8. The lowest BCUT2D eigenvalue weighted by Gasteiger charge is -2.10. The first-order valence-electron chi connectivity index (χ1n) is 9.72. The number of carbonyl (C=O) groups is 3. The third kappa shape index (κ3) is 6.47. The van der Waals surface area contributed by atoms with Gasteiger partial charge in [0, 0.05) is 5.69 Å². The lowest BCUT2D eigenvalue weighted by atomic mass is 10.1. The van der Waals surface area contributed by atoms with Gasteiger partial charge < -0.3 is 14.8 Å². The summed E-state index contributed by atoms with van der Waals surface area (Å²) in [4.78, 5) is 36.1. The van der Waals surface area contributed by atoms with Gasteiger partial charge in [-0.1, -0.05) is 17.7 Å². The third-order valence-corrected chi connectivity index (χ3v) is 4.37. The van der Waals surface area contributed by atoms with Crippen molar-refractivity contribution in [3.63, 3.8) is 0 Å². The Balaban J connectivity index is 1.59. The minimum atomic E-state index is -1.01. The number of carbonyl (C=O) groups excluding carboxylic acids is 3. The van der Waals surface area contributed by atoms with Crippen LogP contribution in [0.1, 0.15) is 21.5 Å². The van der Waals surface area contributed by atoms with Gasteiger partial charge in [-0.15, -0.1) is 0 Å². The second-order valence-corrected chi connectivity index (χ2v) is 6.83. The van der Waals surface area contributed by atoms with Crippen LogP contribution in [0.15, 0.2) is 71.8 Å². The van der Waals surface area contributed by atoms with E-state index in [9.17, 15) is 18.8 Å². The normalized spacial score (nSPS) is 10.5. The fourth-order valence-electron chi connectivity index (χ4n) is 2.63. The SMILES string of the molecule is COc1cc(/C=N\NC(=O)C(=O)Nc2ccc(F)cc2)ccc1OC(=O)c1ccc(C)cc1. The van der Waals surface area contributed by atoms with Gasteiger partial charge in [0.05, 0.1) is 18.9 Å². The topological polar surface area (TPSA) is 106 Å². The molecule has 2 amide bonds. The van der Waals surface area contributed by atoms with E-state index in [1.807, 2.05) is 19.1 Å². The third-order valence-electron chi connectivity index (χ3n) is 4.37. The molecule has 3 rings (SSSR count). The first kappa shape index (κ1) is 23.1. The van der Waals surface area contributed by atoms with Crippen LogP contribution in [0.2, 0.25) is 0 Å². The number of methoxy groups -OCH3 is 1. The molecular formula is C24H20FN3O5. The number of esters is 1. The van der Waals surface area contributed by atoms with Gasteiger partial charge >= 0.3 is 17.8 Å². The molecule has 2 N–H and O–H groups in total. The molecule has 8 nitrogen and oxygen atoms in total. The first-order chi connectivity index (χ1) is 15.9. The Labute approximate surface area is 189 Å². The second kappa shape index (κ2) is 10.7. The Morgan fingerprint density at radius 3 is 2.27 bits per heavy atom. The highest BCUT2D eigenvalue weighted by atomic mass is 19.1. The second-order valence-electron chi connectivity index (χ2n) is 6.83. The van der Waals surface area contributed by atoms with E-state index in [0.29, 0.717) is 11.1 Å². The summed E-state index contributed by atoms with van der Waals surface area (Å²) in [5, 5.41) is 6.05. The van der Waals surface area contributed by atoms with Gasteiger partial charge in [-0.05, 0) is 67.1 Å². The van der Waals surface area contributed by atoms with E-state index in [1.54, 1.807) is 24.3 Å². The van der Waals surface area contributed by atoms with Gasteiger partial charge in [-0.3, -0.25) is 9.59 Å². The molecule has 168 valence electrons. The molecule has 33 heavy (non-hydrogen) atoms. The Morgan fingerprint density at radius 2 is 1.61 bits per heavy atom. The van der Waals surface area contributed by atoms with E-state index >= 15 is 0 Å². The van der Waals surface area contributed by atoms with Crippen molar-refractivity contribution in [1.29, 1.82) is 0 Å². The van der Waals surface area contributed by atoms with Crippen molar-refractivity contribution < 1.29 is 28.2 Å². The molecule has 0 atom stereocenters. The van der Waals surface area contributed by atoms with Crippen LogP contribution in [-0.4, -0.2) is 31.1 Å².